The molecule has 5 heteroatoms. The molecule has 0 radical (unpaired) electrons. The molecule has 1 saturated heterocycles. The molecule has 4 nitrogen and oxygen atoms in total. The largest absolute Gasteiger partial charge is 0.494 e. The first-order chi connectivity index (χ1) is 9.34. The fourth-order valence-corrected chi connectivity index (χ4v) is 2.66. The second-order valence-electron chi connectivity index (χ2n) is 6.48. The van der Waals surface area contributed by atoms with Crippen molar-refractivity contribution in [1.82, 2.24) is 0 Å². The van der Waals surface area contributed by atoms with E-state index in [0.717, 1.165) is 24.1 Å². The molecule has 0 aromatic heterocycles. The maximum Gasteiger partial charge on any atom is 0.494 e. The standard InChI is InChI=1S/C15H19BN2O2/c1-14(2)15(3,4)20-16(19-14)12-7-10-5-6-18-13(10)11(8-12)9-17/h7-8,18H,5-6H2,1-4H3. The Bertz CT molecular complexity index is 589. The molecule has 0 amide bonds. The fraction of sp³-hybridized carbons (Fsp3) is 0.533. The van der Waals surface area contributed by atoms with Crippen LogP contribution in [0.4, 0.5) is 5.69 Å². The molecule has 20 heavy (non-hydrogen) atoms. The second kappa shape index (κ2) is 4.24. The Morgan fingerprint density at radius 2 is 1.85 bits per heavy atom. The van der Waals surface area contributed by atoms with Gasteiger partial charge in [-0.1, -0.05) is 6.07 Å². The van der Waals surface area contributed by atoms with Crippen LogP contribution in [-0.2, 0) is 15.7 Å². The highest BCUT2D eigenvalue weighted by Crippen LogP contribution is 2.37. The van der Waals surface area contributed by atoms with E-state index in [0.29, 0.717) is 5.56 Å². The molecule has 1 fully saturated rings. The van der Waals surface area contributed by atoms with Crippen molar-refractivity contribution >= 4 is 18.3 Å². The van der Waals surface area contributed by atoms with Crippen LogP contribution in [0.25, 0.3) is 0 Å². The van der Waals surface area contributed by atoms with E-state index >= 15 is 0 Å². The Morgan fingerprint density at radius 3 is 2.45 bits per heavy atom. The molecule has 0 spiro atoms. The molecule has 1 aromatic carbocycles. The van der Waals surface area contributed by atoms with Crippen LogP contribution >= 0.6 is 0 Å². The number of hydrogen-bond acceptors (Lipinski definition) is 4. The van der Waals surface area contributed by atoms with Gasteiger partial charge in [0.05, 0.1) is 22.5 Å². The van der Waals surface area contributed by atoms with Crippen molar-refractivity contribution in [1.29, 1.82) is 5.26 Å². The monoisotopic (exact) mass is 270 g/mol. The number of fused-ring (bicyclic) bond motifs is 1. The van der Waals surface area contributed by atoms with E-state index < -0.39 is 7.12 Å². The van der Waals surface area contributed by atoms with Crippen LogP contribution in [0.5, 0.6) is 0 Å². The number of hydrogen-bond donors (Lipinski definition) is 1. The number of nitriles is 1. The lowest BCUT2D eigenvalue weighted by Gasteiger charge is -2.32. The second-order valence-corrected chi connectivity index (χ2v) is 6.48. The van der Waals surface area contributed by atoms with Gasteiger partial charge in [-0.25, -0.2) is 0 Å². The molecule has 1 aromatic rings. The van der Waals surface area contributed by atoms with Crippen LogP contribution in [0.15, 0.2) is 12.1 Å². The van der Waals surface area contributed by atoms with Gasteiger partial charge in [0.2, 0.25) is 0 Å². The van der Waals surface area contributed by atoms with Crippen molar-refractivity contribution in [2.75, 3.05) is 11.9 Å². The zero-order chi connectivity index (χ0) is 14.5. The highest BCUT2D eigenvalue weighted by Gasteiger charge is 2.51. The van der Waals surface area contributed by atoms with E-state index in [1.54, 1.807) is 0 Å². The predicted octanol–water partition coefficient (Wildman–Crippen LogP) is 1.83. The Balaban J connectivity index is 1.99. The summed E-state index contributed by atoms with van der Waals surface area (Å²) < 4.78 is 12.1. The van der Waals surface area contributed by atoms with Crippen molar-refractivity contribution < 1.29 is 9.31 Å². The normalized spacial score (nSPS) is 22.2. The van der Waals surface area contributed by atoms with Crippen LogP contribution < -0.4 is 10.8 Å². The highest BCUT2D eigenvalue weighted by atomic mass is 16.7. The average Bonchev–Trinajstić information content (AvgIpc) is 2.91. The summed E-state index contributed by atoms with van der Waals surface area (Å²) in [6.45, 7) is 9.03. The summed E-state index contributed by atoms with van der Waals surface area (Å²) in [5, 5.41) is 12.6. The third-order valence-corrected chi connectivity index (χ3v) is 4.58. The van der Waals surface area contributed by atoms with Gasteiger partial charge in [0, 0.05) is 6.54 Å². The van der Waals surface area contributed by atoms with Crippen molar-refractivity contribution in [2.24, 2.45) is 0 Å². The minimum absolute atomic E-state index is 0.359. The van der Waals surface area contributed by atoms with Gasteiger partial charge < -0.3 is 14.6 Å². The number of benzene rings is 1. The molecule has 0 aliphatic carbocycles. The molecule has 1 N–H and O–H groups in total. The molecule has 2 aliphatic heterocycles. The Morgan fingerprint density at radius 1 is 1.20 bits per heavy atom. The first-order valence-electron chi connectivity index (χ1n) is 7.00. The van der Waals surface area contributed by atoms with Crippen molar-refractivity contribution in [3.63, 3.8) is 0 Å². The number of anilines is 1. The SMILES string of the molecule is CC1(C)OB(c2cc(C#N)c3c(c2)CCN3)OC1(C)C. The third kappa shape index (κ3) is 1.91. The summed E-state index contributed by atoms with van der Waals surface area (Å²) >= 11 is 0. The molecular formula is C15H19BN2O2. The minimum Gasteiger partial charge on any atom is -0.399 e. The maximum absolute atomic E-state index is 9.30. The van der Waals surface area contributed by atoms with Crippen LogP contribution in [0.1, 0.15) is 38.8 Å². The van der Waals surface area contributed by atoms with E-state index in [1.807, 2.05) is 33.8 Å². The lowest BCUT2D eigenvalue weighted by molar-refractivity contribution is 0.00578. The third-order valence-electron chi connectivity index (χ3n) is 4.58. The topological polar surface area (TPSA) is 54.3 Å². The van der Waals surface area contributed by atoms with E-state index in [4.69, 9.17) is 9.31 Å². The first kappa shape index (κ1) is 13.5. The van der Waals surface area contributed by atoms with E-state index in [2.05, 4.69) is 17.5 Å². The predicted molar refractivity (Wildman–Crippen MR) is 79.1 cm³/mol. The molecule has 2 heterocycles. The summed E-state index contributed by atoms with van der Waals surface area (Å²) in [7, 11) is -0.405. The number of rotatable bonds is 1. The van der Waals surface area contributed by atoms with Crippen LogP contribution in [0, 0.1) is 11.3 Å². The summed E-state index contributed by atoms with van der Waals surface area (Å²) in [5.41, 5.74) is 3.03. The van der Waals surface area contributed by atoms with Gasteiger partial charge in [-0.2, -0.15) is 5.26 Å². The zero-order valence-electron chi connectivity index (χ0n) is 12.4. The van der Waals surface area contributed by atoms with E-state index in [-0.39, 0.29) is 11.2 Å². The van der Waals surface area contributed by atoms with Crippen molar-refractivity contribution in [3.05, 3.63) is 23.3 Å². The lowest BCUT2D eigenvalue weighted by Crippen LogP contribution is -2.41. The maximum atomic E-state index is 9.30. The quantitative estimate of drug-likeness (QED) is 0.791. The minimum atomic E-state index is -0.405. The van der Waals surface area contributed by atoms with Gasteiger partial charge in [0.15, 0.2) is 0 Å². The molecule has 0 saturated carbocycles. The van der Waals surface area contributed by atoms with Crippen molar-refractivity contribution in [2.45, 2.75) is 45.3 Å². The summed E-state index contributed by atoms with van der Waals surface area (Å²) in [4.78, 5) is 0. The van der Waals surface area contributed by atoms with Gasteiger partial charge in [-0.3, -0.25) is 0 Å². The van der Waals surface area contributed by atoms with Gasteiger partial charge in [0.1, 0.15) is 6.07 Å². The van der Waals surface area contributed by atoms with Crippen LogP contribution in [0.2, 0.25) is 0 Å². The molecule has 104 valence electrons. The zero-order valence-corrected chi connectivity index (χ0v) is 12.4. The van der Waals surface area contributed by atoms with Crippen LogP contribution in [-0.4, -0.2) is 24.9 Å². The van der Waals surface area contributed by atoms with Crippen molar-refractivity contribution in [3.8, 4) is 6.07 Å². The Labute approximate surface area is 120 Å². The lowest BCUT2D eigenvalue weighted by atomic mass is 9.77. The Hall–Kier alpha value is -1.51. The van der Waals surface area contributed by atoms with E-state index in [1.165, 1.54) is 5.56 Å². The van der Waals surface area contributed by atoms with Gasteiger partial charge >= 0.3 is 7.12 Å². The average molecular weight is 270 g/mol. The number of nitrogens with zero attached hydrogens (tertiary/aromatic N) is 1. The van der Waals surface area contributed by atoms with E-state index in [9.17, 15) is 5.26 Å². The highest BCUT2D eigenvalue weighted by molar-refractivity contribution is 6.62. The number of nitrogens with one attached hydrogen (secondary N) is 1. The summed E-state index contributed by atoms with van der Waals surface area (Å²) in [6.07, 6.45) is 0.942. The molecule has 0 atom stereocenters. The van der Waals surface area contributed by atoms with Gasteiger partial charge in [-0.05, 0) is 51.2 Å². The molecule has 0 unspecified atom stereocenters. The summed E-state index contributed by atoms with van der Waals surface area (Å²) in [6, 6.07) is 6.23. The fourth-order valence-electron chi connectivity index (χ4n) is 2.66. The van der Waals surface area contributed by atoms with Crippen LogP contribution in [0.3, 0.4) is 0 Å². The molecular weight excluding hydrogens is 251 g/mol. The Kier molecular flexibility index (Phi) is 2.86. The van der Waals surface area contributed by atoms with Gasteiger partial charge in [0.25, 0.3) is 0 Å². The first-order valence-corrected chi connectivity index (χ1v) is 7.00. The smallest absolute Gasteiger partial charge is 0.399 e. The molecule has 2 aliphatic rings. The molecule has 0 bridgehead atoms. The van der Waals surface area contributed by atoms with Gasteiger partial charge in [-0.15, -0.1) is 0 Å². The summed E-state index contributed by atoms with van der Waals surface area (Å²) in [5.74, 6) is 0. The molecule has 3 rings (SSSR count).